The average molecular weight is 314 g/mol. The topological polar surface area (TPSA) is 0 Å². The molecule has 0 heterocycles. The van der Waals surface area contributed by atoms with Crippen LogP contribution in [0.4, 0.5) is 0 Å². The molecule has 122 valence electrons. The zero-order valence-electron chi connectivity index (χ0n) is 14.3. The van der Waals surface area contributed by atoms with Gasteiger partial charge in [0.2, 0.25) is 0 Å². The second kappa shape index (κ2) is 7.97. The molecule has 0 nitrogen and oxygen atoms in total. The van der Waals surface area contributed by atoms with Crippen LogP contribution < -0.4 is 0 Å². The maximum absolute atomic E-state index is 3.84. The van der Waals surface area contributed by atoms with Gasteiger partial charge in [-0.2, -0.15) is 0 Å². The molecule has 1 fully saturated rings. The van der Waals surface area contributed by atoms with Gasteiger partial charge in [-0.3, -0.25) is 0 Å². The molecule has 1 saturated carbocycles. The van der Waals surface area contributed by atoms with Gasteiger partial charge in [0.25, 0.3) is 0 Å². The van der Waals surface area contributed by atoms with Gasteiger partial charge in [-0.25, -0.2) is 0 Å². The highest BCUT2D eigenvalue weighted by Gasteiger charge is 2.48. The number of unbranched alkanes of at least 4 members (excludes halogenated alkanes) is 1. The number of benzene rings is 2. The van der Waals surface area contributed by atoms with Gasteiger partial charge < -0.3 is 0 Å². The van der Waals surface area contributed by atoms with Crippen LogP contribution in [0.3, 0.4) is 0 Å². The minimum Gasteiger partial charge on any atom is -0.103 e. The van der Waals surface area contributed by atoms with Gasteiger partial charge >= 0.3 is 0 Å². The Hall–Kier alpha value is -2.34. The van der Waals surface area contributed by atoms with Crippen LogP contribution in [0.1, 0.15) is 36.8 Å². The Morgan fingerprint density at radius 1 is 0.875 bits per heavy atom. The van der Waals surface area contributed by atoms with Gasteiger partial charge in [0.1, 0.15) is 0 Å². The summed E-state index contributed by atoms with van der Waals surface area (Å²) in [5.41, 5.74) is 2.79. The molecule has 1 atom stereocenters. The van der Waals surface area contributed by atoms with E-state index in [1.807, 2.05) is 6.08 Å². The molecule has 1 aliphatic rings. The van der Waals surface area contributed by atoms with Crippen LogP contribution in [0.2, 0.25) is 0 Å². The largest absolute Gasteiger partial charge is 0.103 e. The van der Waals surface area contributed by atoms with Crippen molar-refractivity contribution >= 4 is 12.2 Å². The minimum absolute atomic E-state index is 0.229. The standard InChI is InChI=1S/C24H26/c1-2-3-6-15-23-20-24(23,18-16-21-11-7-4-8-12-21)19-17-22-13-9-5-10-14-22/h2,4-5,7-14,16-19,23H,1,3,6,15,20H2/b18-16+,19-17+. The normalized spacial score (nSPS) is 18.9. The summed E-state index contributed by atoms with van der Waals surface area (Å²) in [7, 11) is 0. The summed E-state index contributed by atoms with van der Waals surface area (Å²) < 4.78 is 0. The highest BCUT2D eigenvalue weighted by molar-refractivity contribution is 5.56. The smallest absolute Gasteiger partial charge is 0.00992 e. The Balaban J connectivity index is 1.74. The zero-order valence-corrected chi connectivity index (χ0v) is 14.3. The molecule has 0 amide bonds. The average Bonchev–Trinajstić information content (AvgIpc) is 3.34. The van der Waals surface area contributed by atoms with E-state index in [9.17, 15) is 0 Å². The first-order chi connectivity index (χ1) is 11.8. The Morgan fingerprint density at radius 2 is 1.42 bits per heavy atom. The maximum atomic E-state index is 3.84. The molecule has 0 bridgehead atoms. The van der Waals surface area contributed by atoms with E-state index in [2.05, 4.69) is 91.5 Å². The molecule has 2 aromatic rings. The summed E-state index contributed by atoms with van der Waals surface area (Å²) in [6.07, 6.45) is 16.3. The lowest BCUT2D eigenvalue weighted by Crippen LogP contribution is -1.96. The van der Waals surface area contributed by atoms with Crippen molar-refractivity contribution in [2.24, 2.45) is 11.3 Å². The summed E-state index contributed by atoms with van der Waals surface area (Å²) in [5, 5.41) is 0. The lowest BCUT2D eigenvalue weighted by atomic mass is 9.97. The molecule has 0 aliphatic heterocycles. The van der Waals surface area contributed by atoms with E-state index in [1.165, 1.54) is 30.4 Å². The fraction of sp³-hybridized carbons (Fsp3) is 0.250. The van der Waals surface area contributed by atoms with Gasteiger partial charge in [0.15, 0.2) is 0 Å². The predicted octanol–water partition coefficient (Wildman–Crippen LogP) is 6.78. The van der Waals surface area contributed by atoms with E-state index in [0.29, 0.717) is 0 Å². The van der Waals surface area contributed by atoms with Crippen molar-refractivity contribution in [1.29, 1.82) is 0 Å². The molecular weight excluding hydrogens is 288 g/mol. The first kappa shape index (κ1) is 16.5. The molecule has 2 aromatic carbocycles. The van der Waals surface area contributed by atoms with Gasteiger partial charge in [0, 0.05) is 5.41 Å². The number of hydrogen-bond acceptors (Lipinski definition) is 0. The summed E-state index contributed by atoms with van der Waals surface area (Å²) in [6, 6.07) is 21.2. The van der Waals surface area contributed by atoms with Crippen LogP contribution in [0.15, 0.2) is 85.5 Å². The SMILES string of the molecule is C=CCCCC1CC1(/C=C/c1ccccc1)/C=C/c1ccccc1. The summed E-state index contributed by atoms with van der Waals surface area (Å²) in [6.45, 7) is 3.84. The van der Waals surface area contributed by atoms with Crippen molar-refractivity contribution in [2.75, 3.05) is 0 Å². The minimum atomic E-state index is 0.229. The highest BCUT2D eigenvalue weighted by Crippen LogP contribution is 2.58. The summed E-state index contributed by atoms with van der Waals surface area (Å²) >= 11 is 0. The van der Waals surface area contributed by atoms with Gasteiger partial charge in [-0.15, -0.1) is 6.58 Å². The molecule has 1 unspecified atom stereocenters. The van der Waals surface area contributed by atoms with Crippen LogP contribution >= 0.6 is 0 Å². The molecule has 3 rings (SSSR count). The number of hydrogen-bond donors (Lipinski definition) is 0. The molecule has 0 spiro atoms. The number of rotatable bonds is 8. The second-order valence-corrected chi connectivity index (χ2v) is 6.72. The first-order valence-electron chi connectivity index (χ1n) is 8.92. The van der Waals surface area contributed by atoms with E-state index in [-0.39, 0.29) is 5.41 Å². The summed E-state index contributed by atoms with van der Waals surface area (Å²) in [4.78, 5) is 0. The van der Waals surface area contributed by atoms with Gasteiger partial charge in [-0.05, 0) is 42.7 Å². The Bertz CT molecular complexity index is 642. The molecule has 1 aliphatic carbocycles. The molecular formula is C24H26. The summed E-state index contributed by atoms with van der Waals surface area (Å²) in [5.74, 6) is 0.761. The van der Waals surface area contributed by atoms with Crippen LogP contribution in [0.25, 0.3) is 12.2 Å². The van der Waals surface area contributed by atoms with E-state index in [4.69, 9.17) is 0 Å². The van der Waals surface area contributed by atoms with E-state index in [1.54, 1.807) is 0 Å². The van der Waals surface area contributed by atoms with E-state index < -0.39 is 0 Å². The third-order valence-corrected chi connectivity index (χ3v) is 4.93. The lowest BCUT2D eigenvalue weighted by Gasteiger charge is -2.08. The van der Waals surface area contributed by atoms with Gasteiger partial charge in [-0.1, -0.05) is 91.0 Å². The van der Waals surface area contributed by atoms with E-state index in [0.717, 1.165) is 12.3 Å². The van der Waals surface area contributed by atoms with Crippen LogP contribution in [0, 0.1) is 11.3 Å². The van der Waals surface area contributed by atoms with Crippen LogP contribution in [-0.2, 0) is 0 Å². The quantitative estimate of drug-likeness (QED) is 0.372. The molecule has 24 heavy (non-hydrogen) atoms. The van der Waals surface area contributed by atoms with Crippen LogP contribution in [-0.4, -0.2) is 0 Å². The first-order valence-corrected chi connectivity index (χ1v) is 8.92. The second-order valence-electron chi connectivity index (χ2n) is 6.72. The van der Waals surface area contributed by atoms with Crippen molar-refractivity contribution in [2.45, 2.75) is 25.7 Å². The van der Waals surface area contributed by atoms with Crippen molar-refractivity contribution in [3.63, 3.8) is 0 Å². The predicted molar refractivity (Wildman–Crippen MR) is 106 cm³/mol. The van der Waals surface area contributed by atoms with E-state index >= 15 is 0 Å². The third-order valence-electron chi connectivity index (χ3n) is 4.93. The number of allylic oxidation sites excluding steroid dienone is 3. The highest BCUT2D eigenvalue weighted by atomic mass is 14.5. The van der Waals surface area contributed by atoms with Gasteiger partial charge in [0.05, 0.1) is 0 Å². The van der Waals surface area contributed by atoms with Crippen LogP contribution in [0.5, 0.6) is 0 Å². The van der Waals surface area contributed by atoms with Crippen molar-refractivity contribution < 1.29 is 0 Å². The van der Waals surface area contributed by atoms with Crippen molar-refractivity contribution in [3.05, 3.63) is 96.6 Å². The third kappa shape index (κ3) is 4.35. The zero-order chi connectivity index (χ0) is 16.7. The Kier molecular flexibility index (Phi) is 5.48. The monoisotopic (exact) mass is 314 g/mol. The molecule has 0 radical (unpaired) electrons. The Morgan fingerprint density at radius 3 is 1.92 bits per heavy atom. The molecule has 0 saturated heterocycles. The molecule has 0 aromatic heterocycles. The van der Waals surface area contributed by atoms with Crippen molar-refractivity contribution in [3.8, 4) is 0 Å². The molecule has 0 N–H and O–H groups in total. The Labute approximate surface area is 146 Å². The fourth-order valence-electron chi connectivity index (χ4n) is 3.34. The van der Waals surface area contributed by atoms with Crippen molar-refractivity contribution in [1.82, 2.24) is 0 Å². The lowest BCUT2D eigenvalue weighted by molar-refractivity contribution is 0.606. The molecule has 0 heteroatoms. The fourth-order valence-corrected chi connectivity index (χ4v) is 3.34. The maximum Gasteiger partial charge on any atom is 0.00992 e.